The second-order valence-corrected chi connectivity index (χ2v) is 8.57. The minimum absolute atomic E-state index is 0.153. The van der Waals surface area contributed by atoms with Crippen LogP contribution in [0.3, 0.4) is 0 Å². The first-order valence-corrected chi connectivity index (χ1v) is 10.5. The Labute approximate surface area is 191 Å². The zero-order valence-corrected chi connectivity index (χ0v) is 18.4. The number of hydroxylamine groups is 2. The molecule has 1 spiro atoms. The molecule has 2 heterocycles. The molecule has 0 aliphatic carbocycles. The van der Waals surface area contributed by atoms with Crippen LogP contribution in [0.15, 0.2) is 36.4 Å². The molecule has 2 aromatic carbocycles. The average molecular weight is 488 g/mol. The fourth-order valence-corrected chi connectivity index (χ4v) is 4.64. The van der Waals surface area contributed by atoms with E-state index in [1.807, 2.05) is 0 Å². The number of nitrogens with zero attached hydrogens (tertiary/aromatic N) is 1. The van der Waals surface area contributed by atoms with E-state index in [2.05, 4.69) is 0 Å². The first-order chi connectivity index (χ1) is 15.1. The van der Waals surface area contributed by atoms with Crippen LogP contribution in [0, 0.1) is 0 Å². The van der Waals surface area contributed by atoms with Gasteiger partial charge in [-0.15, -0.1) is 0 Å². The third-order valence-electron chi connectivity index (χ3n) is 5.94. The lowest BCUT2D eigenvalue weighted by molar-refractivity contribution is -0.184. The number of Topliss-reactive ketones (excluding diaryl/α,β-unsaturated/α-hetero) is 1. The quantitative estimate of drug-likeness (QED) is 0.435. The van der Waals surface area contributed by atoms with Crippen molar-refractivity contribution in [1.82, 2.24) is 5.06 Å². The number of hydrogen-bond acceptors (Lipinski definition) is 5. The van der Waals surface area contributed by atoms with Gasteiger partial charge in [0.25, 0.3) is 0 Å². The van der Waals surface area contributed by atoms with Gasteiger partial charge in [0.15, 0.2) is 11.4 Å². The number of hydrogen-bond donors (Lipinski definition) is 0. The predicted molar refractivity (Wildman–Crippen MR) is 111 cm³/mol. The standard InChI is InChI=1S/C22H18Cl2F3NO4/c1-31-28-8-6-21(7-9-28)19(29)18(20(30)32-21)14-10-12(2-4-16(14)23)13-3-5-17(24)15(11-13)22(25,26)27/h2-5,10-11,18H,6-9H2,1H3. The third-order valence-corrected chi connectivity index (χ3v) is 6.62. The van der Waals surface area contributed by atoms with Crippen LogP contribution >= 0.6 is 23.2 Å². The van der Waals surface area contributed by atoms with E-state index in [4.69, 9.17) is 32.8 Å². The van der Waals surface area contributed by atoms with Crippen LogP contribution in [0.4, 0.5) is 13.2 Å². The van der Waals surface area contributed by atoms with Gasteiger partial charge in [-0.25, -0.2) is 0 Å². The molecule has 10 heteroatoms. The highest BCUT2D eigenvalue weighted by Crippen LogP contribution is 2.44. The van der Waals surface area contributed by atoms with Gasteiger partial charge in [0.05, 0.1) is 17.7 Å². The molecule has 0 bridgehead atoms. The van der Waals surface area contributed by atoms with Crippen LogP contribution < -0.4 is 0 Å². The summed E-state index contributed by atoms with van der Waals surface area (Å²) in [6.07, 6.45) is -4.06. The number of ether oxygens (including phenoxy) is 1. The van der Waals surface area contributed by atoms with Gasteiger partial charge in [-0.05, 0) is 41.0 Å². The van der Waals surface area contributed by atoms with Crippen LogP contribution in [-0.2, 0) is 25.3 Å². The summed E-state index contributed by atoms with van der Waals surface area (Å²) in [5.41, 5.74) is -1.44. The normalized spacial score (nSPS) is 21.2. The van der Waals surface area contributed by atoms with Crippen molar-refractivity contribution < 1.29 is 32.3 Å². The number of ketones is 1. The van der Waals surface area contributed by atoms with Crippen molar-refractivity contribution in [1.29, 1.82) is 0 Å². The first kappa shape index (κ1) is 23.0. The molecule has 2 fully saturated rings. The zero-order chi connectivity index (χ0) is 23.3. The molecule has 5 nitrogen and oxygen atoms in total. The molecule has 1 atom stereocenters. The molecule has 0 amide bonds. The molecular weight excluding hydrogens is 470 g/mol. The number of carbonyl (C=O) groups is 2. The molecule has 2 saturated heterocycles. The summed E-state index contributed by atoms with van der Waals surface area (Å²) in [5.74, 6) is -2.36. The third kappa shape index (κ3) is 4.01. The molecule has 32 heavy (non-hydrogen) atoms. The molecule has 2 aromatic rings. The lowest BCUT2D eigenvalue weighted by atomic mass is 9.81. The monoisotopic (exact) mass is 487 g/mol. The highest BCUT2D eigenvalue weighted by molar-refractivity contribution is 6.33. The highest BCUT2D eigenvalue weighted by atomic mass is 35.5. The summed E-state index contributed by atoms with van der Waals surface area (Å²) in [6, 6.07) is 7.94. The Morgan fingerprint density at radius 1 is 1.03 bits per heavy atom. The second-order valence-electron chi connectivity index (χ2n) is 7.75. The number of benzene rings is 2. The smallest absolute Gasteiger partial charge is 0.417 e. The Bertz CT molecular complexity index is 1080. The second kappa shape index (κ2) is 8.33. The zero-order valence-electron chi connectivity index (χ0n) is 16.8. The lowest BCUT2D eigenvalue weighted by Crippen LogP contribution is -2.48. The largest absolute Gasteiger partial charge is 0.450 e. The Morgan fingerprint density at radius 2 is 1.62 bits per heavy atom. The Kier molecular flexibility index (Phi) is 6.00. The maximum atomic E-state index is 13.3. The van der Waals surface area contributed by atoms with Crippen molar-refractivity contribution in [2.75, 3.05) is 20.2 Å². The molecule has 4 rings (SSSR count). The predicted octanol–water partition coefficient (Wildman–Crippen LogP) is 5.28. The van der Waals surface area contributed by atoms with Crippen LogP contribution in [0.1, 0.15) is 29.9 Å². The van der Waals surface area contributed by atoms with Gasteiger partial charge in [0, 0.05) is 31.0 Å². The number of piperidine rings is 1. The summed E-state index contributed by atoms with van der Waals surface area (Å²) >= 11 is 12.0. The molecule has 0 N–H and O–H groups in total. The summed E-state index contributed by atoms with van der Waals surface area (Å²) in [6.45, 7) is 0.835. The van der Waals surface area contributed by atoms with Gasteiger partial charge in [0.2, 0.25) is 0 Å². The van der Waals surface area contributed by atoms with E-state index in [0.29, 0.717) is 18.7 Å². The SMILES string of the molecule is CON1CCC2(CC1)OC(=O)C(c1cc(-c3ccc(Cl)c(C(F)(F)F)c3)ccc1Cl)C2=O. The molecule has 0 saturated carbocycles. The summed E-state index contributed by atoms with van der Waals surface area (Å²) in [5, 5.41) is 1.40. The van der Waals surface area contributed by atoms with Crippen LogP contribution in [0.2, 0.25) is 10.0 Å². The molecule has 0 radical (unpaired) electrons. The maximum Gasteiger partial charge on any atom is 0.417 e. The van der Waals surface area contributed by atoms with E-state index >= 15 is 0 Å². The van der Waals surface area contributed by atoms with E-state index < -0.39 is 40.0 Å². The van der Waals surface area contributed by atoms with Gasteiger partial charge in [-0.3, -0.25) is 9.59 Å². The van der Waals surface area contributed by atoms with Crippen molar-refractivity contribution in [3.05, 3.63) is 57.6 Å². The summed E-state index contributed by atoms with van der Waals surface area (Å²) in [7, 11) is 1.52. The number of alkyl halides is 3. The first-order valence-electron chi connectivity index (χ1n) is 9.78. The van der Waals surface area contributed by atoms with Gasteiger partial charge in [0.1, 0.15) is 5.92 Å². The van der Waals surface area contributed by atoms with Crippen LogP contribution in [0.5, 0.6) is 0 Å². The molecule has 2 aliphatic rings. The Hall–Kier alpha value is -2.13. The van der Waals surface area contributed by atoms with Crippen molar-refractivity contribution in [3.8, 4) is 11.1 Å². The Balaban J connectivity index is 1.70. The topological polar surface area (TPSA) is 55.8 Å². The fraction of sp³-hybridized carbons (Fsp3) is 0.364. The van der Waals surface area contributed by atoms with Crippen LogP contribution in [-0.4, -0.2) is 42.6 Å². The van der Waals surface area contributed by atoms with E-state index in [1.54, 1.807) is 5.06 Å². The van der Waals surface area contributed by atoms with E-state index in [0.717, 1.165) is 12.1 Å². The van der Waals surface area contributed by atoms with E-state index in [-0.39, 0.29) is 29.0 Å². The molecule has 1 unspecified atom stereocenters. The van der Waals surface area contributed by atoms with Gasteiger partial charge in [-0.1, -0.05) is 35.3 Å². The average Bonchev–Trinajstić information content (AvgIpc) is 2.98. The summed E-state index contributed by atoms with van der Waals surface area (Å²) in [4.78, 5) is 31.2. The van der Waals surface area contributed by atoms with Crippen LogP contribution in [0.25, 0.3) is 11.1 Å². The maximum absolute atomic E-state index is 13.3. The van der Waals surface area contributed by atoms with Crippen molar-refractivity contribution >= 4 is 35.0 Å². The minimum Gasteiger partial charge on any atom is -0.450 e. The Morgan fingerprint density at radius 3 is 2.22 bits per heavy atom. The van der Waals surface area contributed by atoms with Gasteiger partial charge >= 0.3 is 12.1 Å². The number of rotatable bonds is 3. The number of esters is 1. The van der Waals surface area contributed by atoms with Crippen molar-refractivity contribution in [2.24, 2.45) is 0 Å². The van der Waals surface area contributed by atoms with E-state index in [1.165, 1.54) is 31.4 Å². The molecule has 2 aliphatic heterocycles. The highest BCUT2D eigenvalue weighted by Gasteiger charge is 2.57. The molecular formula is C22H18Cl2F3NO4. The van der Waals surface area contributed by atoms with E-state index in [9.17, 15) is 22.8 Å². The fourth-order valence-electron chi connectivity index (χ4n) is 4.19. The van der Waals surface area contributed by atoms with Gasteiger partial charge < -0.3 is 9.57 Å². The molecule has 170 valence electrons. The van der Waals surface area contributed by atoms with Crippen molar-refractivity contribution in [2.45, 2.75) is 30.5 Å². The van der Waals surface area contributed by atoms with Crippen molar-refractivity contribution in [3.63, 3.8) is 0 Å². The van der Waals surface area contributed by atoms with Gasteiger partial charge in [-0.2, -0.15) is 18.2 Å². The minimum atomic E-state index is -4.63. The summed E-state index contributed by atoms with van der Waals surface area (Å²) < 4.78 is 45.4. The number of carbonyl (C=O) groups excluding carboxylic acids is 2. The molecule has 0 aromatic heterocycles. The number of halogens is 5. The lowest BCUT2D eigenvalue weighted by Gasteiger charge is -2.35.